The van der Waals surface area contributed by atoms with Crippen LogP contribution in [0.3, 0.4) is 0 Å². The number of aryl methyl sites for hydroxylation is 2. The number of hydrogen-bond acceptors (Lipinski definition) is 18. The van der Waals surface area contributed by atoms with Gasteiger partial charge >= 0.3 is 0 Å². The molecule has 0 unspecified atom stereocenters. The molecular weight excluding hydrogens is 1070 g/mol. The van der Waals surface area contributed by atoms with Crippen LogP contribution in [0, 0.1) is 31.6 Å². The Morgan fingerprint density at radius 3 is 1.51 bits per heavy atom. The second-order valence-corrected chi connectivity index (χ2v) is 22.4. The normalized spacial score (nSPS) is 18.4. The van der Waals surface area contributed by atoms with E-state index in [1.54, 1.807) is 65.5 Å². The van der Waals surface area contributed by atoms with Crippen molar-refractivity contribution in [1.82, 2.24) is 52.1 Å². The number of Topliss-reactive ketones (excluding diaryl/α,β-unsaturated/α-hetero) is 2. The van der Waals surface area contributed by atoms with Gasteiger partial charge in [0.2, 0.25) is 23.6 Å². The average molecular weight is 1160 g/mol. The molecule has 0 aliphatic carbocycles. The fourth-order valence-electron chi connectivity index (χ4n) is 8.30. The van der Waals surface area contributed by atoms with Gasteiger partial charge < -0.3 is 59.9 Å². The third-order valence-electron chi connectivity index (χ3n) is 12.9. The number of rotatable bonds is 26. The van der Waals surface area contributed by atoms with E-state index in [1.165, 1.54) is 11.6 Å². The van der Waals surface area contributed by atoms with Gasteiger partial charge in [0.15, 0.2) is 28.7 Å². The highest BCUT2D eigenvalue weighted by Gasteiger charge is 2.51. The van der Waals surface area contributed by atoms with Crippen molar-refractivity contribution in [3.63, 3.8) is 0 Å². The van der Waals surface area contributed by atoms with Gasteiger partial charge in [-0.1, -0.05) is 93.8 Å². The molecule has 1 aromatic carbocycles. The Bertz CT molecular complexity index is 2700. The molecule has 0 saturated carbocycles. The Labute approximate surface area is 486 Å². The number of nitrogens with zero attached hydrogens (tertiary/aromatic N) is 4. The van der Waals surface area contributed by atoms with Gasteiger partial charge in [0.25, 0.3) is 11.8 Å². The number of carbonyl (C=O) groups is 8. The largest absolute Gasteiger partial charge is 0.388 e. The molecule has 6 amide bonds. The number of ketones is 2. The number of hydrogen-bond donors (Lipinski definition) is 6. The molecule has 0 spiro atoms. The molecule has 6 N–H and O–H groups in total. The number of pyridine rings is 1. The maximum absolute atomic E-state index is 12.9. The fraction of sp³-hybridized carbons (Fsp3) is 0.576. The van der Waals surface area contributed by atoms with Crippen LogP contribution in [-0.4, -0.2) is 169 Å². The van der Waals surface area contributed by atoms with Crippen LogP contribution in [-0.2, 0) is 60.7 Å². The van der Waals surface area contributed by atoms with Crippen LogP contribution in [0.5, 0.6) is 0 Å². The lowest BCUT2D eigenvalue weighted by molar-refractivity contribution is -0.131. The minimum atomic E-state index is -1.02. The summed E-state index contributed by atoms with van der Waals surface area (Å²) in [6, 6.07) is 15.2. The Balaban J connectivity index is 0.000000306. The van der Waals surface area contributed by atoms with E-state index in [2.05, 4.69) is 75.9 Å². The molecule has 456 valence electrons. The SMILES string of the molecule is CC(C)C[C@H](NC(=O)c1cc(CN2CCOCC2)on1)C(=O)NCC(=O)N[C@@H](CC(C)C)C(=O)[C@@]1(C)CO1.COC.Cc1cc(C(=O)N[C@@H](Cc2ccccn2)C(=O)NCC(=O)N[C@@H](CC(C)C)C(=O)[C@@]2(C)CO2)no1.Cc1ccccc1. The second-order valence-electron chi connectivity index (χ2n) is 22.4. The number of methoxy groups -OCH3 is 1. The van der Waals surface area contributed by atoms with Crippen molar-refractivity contribution in [2.75, 3.05) is 66.8 Å². The third kappa shape index (κ3) is 24.6. The molecule has 3 aliphatic rings. The molecule has 3 fully saturated rings. The van der Waals surface area contributed by atoms with Crippen LogP contribution in [0.15, 0.2) is 75.9 Å². The topological polar surface area (TPSA) is 320 Å². The van der Waals surface area contributed by atoms with E-state index in [9.17, 15) is 38.4 Å². The smallest absolute Gasteiger partial charge is 0.274 e. The fourth-order valence-corrected chi connectivity index (χ4v) is 8.30. The lowest BCUT2D eigenvalue weighted by Crippen LogP contribution is -2.52. The predicted octanol–water partition coefficient (Wildman–Crippen LogP) is 3.64. The van der Waals surface area contributed by atoms with Crippen molar-refractivity contribution >= 4 is 47.0 Å². The molecule has 3 aromatic heterocycles. The summed E-state index contributed by atoms with van der Waals surface area (Å²) in [7, 11) is 3.25. The molecular formula is C59H86N10O14. The van der Waals surface area contributed by atoms with E-state index >= 15 is 0 Å². The molecule has 4 aromatic rings. The number of morpholine rings is 1. The summed E-state index contributed by atoms with van der Waals surface area (Å²) in [4.78, 5) is 108. The summed E-state index contributed by atoms with van der Waals surface area (Å²) >= 11 is 0. The Morgan fingerprint density at radius 1 is 0.614 bits per heavy atom. The highest BCUT2D eigenvalue weighted by Crippen LogP contribution is 2.30. The predicted molar refractivity (Wildman–Crippen MR) is 305 cm³/mol. The monoisotopic (exact) mass is 1160 g/mol. The minimum absolute atomic E-state index is 0.0323. The van der Waals surface area contributed by atoms with Gasteiger partial charge in [-0.2, -0.15) is 0 Å². The van der Waals surface area contributed by atoms with E-state index in [4.69, 9.17) is 23.3 Å². The first-order chi connectivity index (χ1) is 39.3. The molecule has 24 heteroatoms. The number of nitrogens with one attached hydrogen (secondary N) is 6. The molecule has 6 heterocycles. The highest BCUT2D eigenvalue weighted by molar-refractivity contribution is 6.00. The van der Waals surface area contributed by atoms with Crippen LogP contribution in [0.4, 0.5) is 0 Å². The first kappa shape index (κ1) is 68.3. The van der Waals surface area contributed by atoms with Crippen molar-refractivity contribution < 1.29 is 66.3 Å². The first-order valence-electron chi connectivity index (χ1n) is 28.0. The molecule has 0 bridgehead atoms. The quantitative estimate of drug-likeness (QED) is 0.0489. The van der Waals surface area contributed by atoms with E-state index in [-0.39, 0.29) is 60.2 Å². The number of benzene rings is 1. The van der Waals surface area contributed by atoms with Crippen molar-refractivity contribution in [1.29, 1.82) is 0 Å². The molecule has 7 rings (SSSR count). The summed E-state index contributed by atoms with van der Waals surface area (Å²) in [5.74, 6) is -2.12. The number of carbonyl (C=O) groups excluding carboxylic acids is 8. The maximum atomic E-state index is 12.9. The van der Waals surface area contributed by atoms with Gasteiger partial charge in [-0.15, -0.1) is 0 Å². The number of amides is 6. The number of epoxide rings is 2. The Hall–Kier alpha value is -7.25. The summed E-state index contributed by atoms with van der Waals surface area (Å²) < 4.78 is 30.3. The summed E-state index contributed by atoms with van der Waals surface area (Å²) in [5, 5.41) is 23.4. The highest BCUT2D eigenvalue weighted by atomic mass is 16.6. The van der Waals surface area contributed by atoms with Crippen LogP contribution in [0.1, 0.15) is 118 Å². The molecule has 0 radical (unpaired) electrons. The molecule has 3 aliphatic heterocycles. The standard InChI is InChI=1S/C26H41N5O7.C24H31N5O6.C7H8.C2H6O/c1-16(2)10-19(23(33)26(5)15-37-26)28-22(32)13-27-24(34)20(11-17(3)4)29-25(35)21-12-18(38-30-21)14-31-6-8-36-9-7-31;1-14(2)9-17(21(31)24(4)13-34-24)27-20(30)12-26-22(32)18(11-16-7-5-6-8-25-16)28-23(33)19-10-15(3)35-29-19;1-7-5-3-2-4-6-7;1-3-2/h12,16-17,19-20H,6-11,13-15H2,1-5H3,(H,27,34)(H,28,32)(H,29,35);5-8,10,14,17-18H,9,11-13H2,1-4H3,(H,26,32)(H,27,30)(H,28,33);2-6H,1H3;1-2H3/t19-,20-,26+;17-,18-,24+;;/m00../s1. The van der Waals surface area contributed by atoms with E-state index < -0.39 is 70.8 Å². The number of aromatic nitrogens is 3. The molecule has 24 nitrogen and oxygen atoms in total. The van der Waals surface area contributed by atoms with Gasteiger partial charge in [-0.05, 0) is 76.8 Å². The molecule has 83 heavy (non-hydrogen) atoms. The van der Waals surface area contributed by atoms with Crippen LogP contribution in [0.25, 0.3) is 0 Å². The molecule has 6 atom stereocenters. The summed E-state index contributed by atoms with van der Waals surface area (Å²) in [5.41, 5.74) is 0.291. The molecule has 3 saturated heterocycles. The average Bonchev–Trinajstić information content (AvgIpc) is 4.23. The van der Waals surface area contributed by atoms with Crippen molar-refractivity contribution in [2.24, 2.45) is 17.8 Å². The van der Waals surface area contributed by atoms with Gasteiger partial charge in [0.05, 0.1) is 58.1 Å². The van der Waals surface area contributed by atoms with E-state index in [0.717, 1.165) is 13.1 Å². The zero-order valence-corrected chi connectivity index (χ0v) is 50.1. The van der Waals surface area contributed by atoms with Crippen LogP contribution in [0.2, 0.25) is 0 Å². The second kappa shape index (κ2) is 33.8. The maximum Gasteiger partial charge on any atom is 0.274 e. The Kier molecular flexibility index (Phi) is 27.8. The van der Waals surface area contributed by atoms with Crippen molar-refractivity contribution in [2.45, 2.75) is 137 Å². The van der Waals surface area contributed by atoms with Crippen molar-refractivity contribution in [3.8, 4) is 0 Å². The zero-order valence-electron chi connectivity index (χ0n) is 50.1. The first-order valence-corrected chi connectivity index (χ1v) is 28.0. The van der Waals surface area contributed by atoms with E-state index in [1.807, 2.05) is 59.7 Å². The van der Waals surface area contributed by atoms with Crippen LogP contribution >= 0.6 is 0 Å². The van der Waals surface area contributed by atoms with Gasteiger partial charge in [0, 0.05) is 57.8 Å². The number of ether oxygens (including phenoxy) is 4. The summed E-state index contributed by atoms with van der Waals surface area (Å²) in [6.45, 7) is 22.1. The van der Waals surface area contributed by atoms with Gasteiger partial charge in [0.1, 0.15) is 29.0 Å². The minimum Gasteiger partial charge on any atom is -0.388 e. The van der Waals surface area contributed by atoms with Gasteiger partial charge in [-0.25, -0.2) is 0 Å². The van der Waals surface area contributed by atoms with E-state index in [0.29, 0.717) is 69.4 Å². The van der Waals surface area contributed by atoms with Crippen LogP contribution < -0.4 is 31.9 Å². The Morgan fingerprint density at radius 2 is 1.07 bits per heavy atom. The zero-order chi connectivity index (χ0) is 61.3. The van der Waals surface area contributed by atoms with Gasteiger partial charge in [-0.3, -0.25) is 48.2 Å². The summed E-state index contributed by atoms with van der Waals surface area (Å²) in [6.07, 6.45) is 2.96. The lowest BCUT2D eigenvalue weighted by Gasteiger charge is -2.25. The van der Waals surface area contributed by atoms with Crippen molar-refractivity contribution in [3.05, 3.63) is 101 Å². The third-order valence-corrected chi connectivity index (χ3v) is 12.9. The lowest BCUT2D eigenvalue weighted by atomic mass is 9.93.